The number of thiazole rings is 1. The van der Waals surface area contributed by atoms with E-state index in [9.17, 15) is 4.79 Å². The SMILES string of the molecule is Cc1ccc(C)c2sc(N(C)CC(=O)Nc3ccc(Nc4ccccc4)cc3)nc12. The molecule has 0 fully saturated rings. The van der Waals surface area contributed by atoms with Gasteiger partial charge in [0, 0.05) is 24.1 Å². The zero-order valence-corrected chi connectivity index (χ0v) is 18.1. The molecule has 0 unspecified atom stereocenters. The van der Waals surface area contributed by atoms with Gasteiger partial charge in [0.2, 0.25) is 5.91 Å². The van der Waals surface area contributed by atoms with E-state index < -0.39 is 0 Å². The zero-order chi connectivity index (χ0) is 21.1. The van der Waals surface area contributed by atoms with Crippen LogP contribution in [0, 0.1) is 13.8 Å². The fourth-order valence-corrected chi connectivity index (χ4v) is 4.29. The van der Waals surface area contributed by atoms with Crippen LogP contribution in [0.1, 0.15) is 11.1 Å². The van der Waals surface area contributed by atoms with Crippen molar-refractivity contribution in [2.24, 2.45) is 0 Å². The molecule has 0 saturated heterocycles. The molecule has 1 amide bonds. The molecular formula is C24H24N4OS. The number of carbonyl (C=O) groups is 1. The van der Waals surface area contributed by atoms with Crippen LogP contribution in [-0.4, -0.2) is 24.5 Å². The Bertz CT molecular complexity index is 1130. The Balaban J connectivity index is 1.38. The minimum atomic E-state index is -0.0750. The van der Waals surface area contributed by atoms with E-state index in [0.717, 1.165) is 33.3 Å². The van der Waals surface area contributed by atoms with Crippen LogP contribution in [-0.2, 0) is 4.79 Å². The van der Waals surface area contributed by atoms with E-state index in [0.29, 0.717) is 0 Å². The lowest BCUT2D eigenvalue weighted by atomic mass is 10.1. The molecule has 4 aromatic rings. The van der Waals surface area contributed by atoms with Crippen LogP contribution < -0.4 is 15.5 Å². The first-order chi connectivity index (χ1) is 14.5. The van der Waals surface area contributed by atoms with Gasteiger partial charge in [-0.1, -0.05) is 41.7 Å². The molecule has 0 spiro atoms. The average Bonchev–Trinajstić information content (AvgIpc) is 3.20. The molecule has 4 rings (SSSR count). The number of nitrogens with zero attached hydrogens (tertiary/aromatic N) is 2. The average molecular weight is 417 g/mol. The number of aromatic nitrogens is 1. The van der Waals surface area contributed by atoms with Gasteiger partial charge in [0.1, 0.15) is 0 Å². The van der Waals surface area contributed by atoms with Gasteiger partial charge >= 0.3 is 0 Å². The van der Waals surface area contributed by atoms with Gasteiger partial charge in [-0.25, -0.2) is 4.98 Å². The highest BCUT2D eigenvalue weighted by Crippen LogP contribution is 2.32. The number of fused-ring (bicyclic) bond motifs is 1. The highest BCUT2D eigenvalue weighted by molar-refractivity contribution is 7.22. The van der Waals surface area contributed by atoms with E-state index >= 15 is 0 Å². The summed E-state index contributed by atoms with van der Waals surface area (Å²) in [6.07, 6.45) is 0. The van der Waals surface area contributed by atoms with Crippen LogP contribution in [0.15, 0.2) is 66.7 Å². The Morgan fingerprint density at radius 1 is 0.900 bits per heavy atom. The van der Waals surface area contributed by atoms with Crippen molar-refractivity contribution in [1.82, 2.24) is 4.98 Å². The molecule has 0 bridgehead atoms. The van der Waals surface area contributed by atoms with Gasteiger partial charge in [-0.15, -0.1) is 0 Å². The molecule has 0 aliphatic rings. The Morgan fingerprint density at radius 3 is 2.23 bits per heavy atom. The van der Waals surface area contributed by atoms with Gasteiger partial charge in [-0.2, -0.15) is 0 Å². The van der Waals surface area contributed by atoms with Gasteiger partial charge in [-0.3, -0.25) is 4.79 Å². The van der Waals surface area contributed by atoms with Crippen LogP contribution in [0.2, 0.25) is 0 Å². The van der Waals surface area contributed by atoms with E-state index in [1.54, 1.807) is 11.3 Å². The Kier molecular flexibility index (Phi) is 5.68. The van der Waals surface area contributed by atoms with E-state index in [1.165, 1.54) is 10.3 Å². The number of hydrogen-bond donors (Lipinski definition) is 2. The maximum Gasteiger partial charge on any atom is 0.243 e. The molecule has 0 atom stereocenters. The Morgan fingerprint density at radius 2 is 1.53 bits per heavy atom. The summed E-state index contributed by atoms with van der Waals surface area (Å²) in [5, 5.41) is 7.14. The fourth-order valence-electron chi connectivity index (χ4n) is 3.22. The summed E-state index contributed by atoms with van der Waals surface area (Å²) >= 11 is 1.62. The largest absolute Gasteiger partial charge is 0.356 e. The molecule has 0 saturated carbocycles. The number of para-hydroxylation sites is 1. The van der Waals surface area contributed by atoms with Gasteiger partial charge in [0.15, 0.2) is 5.13 Å². The number of nitrogens with one attached hydrogen (secondary N) is 2. The van der Waals surface area contributed by atoms with E-state index in [1.807, 2.05) is 66.5 Å². The molecule has 0 aliphatic carbocycles. The second-order valence-corrected chi connectivity index (χ2v) is 8.32. The third kappa shape index (κ3) is 4.44. The lowest BCUT2D eigenvalue weighted by Gasteiger charge is -2.15. The zero-order valence-electron chi connectivity index (χ0n) is 17.3. The molecule has 0 aliphatic heterocycles. The standard InChI is InChI=1S/C24H24N4OS/c1-16-9-10-17(2)23-22(16)27-24(30-23)28(3)15-21(29)26-20-13-11-19(12-14-20)25-18-7-5-4-6-8-18/h4-14,25H,15H2,1-3H3,(H,26,29). The number of hydrogen-bond acceptors (Lipinski definition) is 5. The summed E-state index contributed by atoms with van der Waals surface area (Å²) in [6, 6.07) is 21.9. The van der Waals surface area contributed by atoms with Crippen LogP contribution in [0.5, 0.6) is 0 Å². The smallest absolute Gasteiger partial charge is 0.243 e. The lowest BCUT2D eigenvalue weighted by Crippen LogP contribution is -2.29. The van der Waals surface area contributed by atoms with Gasteiger partial charge in [0.25, 0.3) is 0 Å². The van der Waals surface area contributed by atoms with Crippen molar-refractivity contribution < 1.29 is 4.79 Å². The maximum atomic E-state index is 12.5. The Hall–Kier alpha value is -3.38. The molecular weight excluding hydrogens is 392 g/mol. The maximum absolute atomic E-state index is 12.5. The predicted molar refractivity (Wildman–Crippen MR) is 127 cm³/mol. The van der Waals surface area contributed by atoms with E-state index in [-0.39, 0.29) is 12.5 Å². The second-order valence-electron chi connectivity index (χ2n) is 7.35. The first kappa shape index (κ1) is 19.9. The van der Waals surface area contributed by atoms with E-state index in [4.69, 9.17) is 4.98 Å². The third-order valence-electron chi connectivity index (χ3n) is 4.87. The Labute approximate surface area is 180 Å². The molecule has 30 heavy (non-hydrogen) atoms. The fraction of sp³-hybridized carbons (Fsp3) is 0.167. The highest BCUT2D eigenvalue weighted by atomic mass is 32.1. The van der Waals surface area contributed by atoms with Crippen molar-refractivity contribution in [3.8, 4) is 0 Å². The number of amides is 1. The topological polar surface area (TPSA) is 57.3 Å². The molecule has 3 aromatic carbocycles. The molecule has 152 valence electrons. The first-order valence-corrected chi connectivity index (χ1v) is 10.6. The second kappa shape index (κ2) is 8.55. The van der Waals surface area contributed by atoms with Gasteiger partial charge in [-0.05, 0) is 61.4 Å². The van der Waals surface area contributed by atoms with Crippen LogP contribution in [0.4, 0.5) is 22.2 Å². The van der Waals surface area contributed by atoms with Crippen molar-refractivity contribution in [3.63, 3.8) is 0 Å². The van der Waals surface area contributed by atoms with Crippen molar-refractivity contribution >= 4 is 49.7 Å². The molecule has 5 nitrogen and oxygen atoms in total. The summed E-state index contributed by atoms with van der Waals surface area (Å²) < 4.78 is 1.18. The van der Waals surface area contributed by atoms with Crippen molar-refractivity contribution in [3.05, 3.63) is 77.9 Å². The minimum Gasteiger partial charge on any atom is -0.356 e. The minimum absolute atomic E-state index is 0.0750. The van der Waals surface area contributed by atoms with E-state index in [2.05, 4.69) is 36.6 Å². The third-order valence-corrected chi connectivity index (χ3v) is 6.17. The predicted octanol–water partition coefficient (Wildman–Crippen LogP) is 5.73. The number of benzene rings is 3. The number of rotatable bonds is 6. The number of anilines is 4. The van der Waals surface area contributed by atoms with Crippen LogP contribution in [0.25, 0.3) is 10.2 Å². The monoisotopic (exact) mass is 416 g/mol. The molecule has 6 heteroatoms. The van der Waals surface area contributed by atoms with Gasteiger partial charge < -0.3 is 15.5 Å². The normalized spacial score (nSPS) is 10.8. The summed E-state index contributed by atoms with van der Waals surface area (Å²) in [6.45, 7) is 4.39. The number of carbonyl (C=O) groups excluding carboxylic acids is 1. The molecule has 1 heterocycles. The first-order valence-electron chi connectivity index (χ1n) is 9.79. The van der Waals surface area contributed by atoms with Gasteiger partial charge in [0.05, 0.1) is 16.8 Å². The molecule has 2 N–H and O–H groups in total. The summed E-state index contributed by atoms with van der Waals surface area (Å²) in [4.78, 5) is 19.2. The number of likely N-dealkylation sites (N-methyl/N-ethyl adjacent to an activating group) is 1. The molecule has 1 aromatic heterocycles. The molecule has 0 radical (unpaired) electrons. The summed E-state index contributed by atoms with van der Waals surface area (Å²) in [5.41, 5.74) is 6.14. The van der Waals surface area contributed by atoms with Crippen molar-refractivity contribution in [1.29, 1.82) is 0 Å². The summed E-state index contributed by atoms with van der Waals surface area (Å²) in [7, 11) is 1.90. The quantitative estimate of drug-likeness (QED) is 0.421. The van der Waals surface area contributed by atoms with Crippen LogP contribution >= 0.6 is 11.3 Å². The highest BCUT2D eigenvalue weighted by Gasteiger charge is 2.14. The van der Waals surface area contributed by atoms with Crippen LogP contribution in [0.3, 0.4) is 0 Å². The number of aryl methyl sites for hydroxylation is 2. The lowest BCUT2D eigenvalue weighted by molar-refractivity contribution is -0.114. The van der Waals surface area contributed by atoms with Crippen molar-refractivity contribution in [2.75, 3.05) is 29.1 Å². The summed E-state index contributed by atoms with van der Waals surface area (Å²) in [5.74, 6) is -0.0750. The van der Waals surface area contributed by atoms with Crippen molar-refractivity contribution in [2.45, 2.75) is 13.8 Å².